The van der Waals surface area contributed by atoms with Crippen LogP contribution < -0.4 is 15.4 Å². The van der Waals surface area contributed by atoms with E-state index in [2.05, 4.69) is 10.6 Å². The lowest BCUT2D eigenvalue weighted by molar-refractivity contribution is -0.149. The Balaban J connectivity index is 2.58. The molecule has 0 aliphatic heterocycles. The molecule has 0 aromatic heterocycles. The van der Waals surface area contributed by atoms with Crippen molar-refractivity contribution in [1.29, 1.82) is 0 Å². The molecule has 6 heteroatoms. The van der Waals surface area contributed by atoms with Crippen molar-refractivity contribution in [3.63, 3.8) is 0 Å². The number of hydrogen-bond donors (Lipinski definition) is 3. The summed E-state index contributed by atoms with van der Waals surface area (Å²) in [5, 5.41) is 14.6. The lowest BCUT2D eigenvalue weighted by Crippen LogP contribution is -2.43. The molecule has 3 N–H and O–H groups in total. The molecule has 6 nitrogen and oxygen atoms in total. The normalized spacial score (nSPS) is 10.8. The van der Waals surface area contributed by atoms with Crippen LogP contribution in [-0.4, -0.2) is 30.8 Å². The molecule has 0 unspecified atom stereocenters. The molecular formula is C15H22N2O4. The predicted octanol–water partition coefficient (Wildman–Crippen LogP) is 2.71. The maximum atomic E-state index is 11.8. The SMILES string of the molecule is CCC(CC)(CNC(=O)Nc1ccc(OC)cc1)C(=O)O. The van der Waals surface area contributed by atoms with Gasteiger partial charge in [0.05, 0.1) is 12.5 Å². The standard InChI is InChI=1S/C15H22N2O4/c1-4-15(5-2,13(18)19)10-16-14(20)17-11-6-8-12(21-3)9-7-11/h6-9H,4-5,10H2,1-3H3,(H,18,19)(H2,16,17,20). The minimum atomic E-state index is -0.919. The van der Waals surface area contributed by atoms with Gasteiger partial charge in [0.25, 0.3) is 0 Å². The summed E-state index contributed by atoms with van der Waals surface area (Å²) < 4.78 is 5.03. The van der Waals surface area contributed by atoms with Crippen molar-refractivity contribution in [2.45, 2.75) is 26.7 Å². The van der Waals surface area contributed by atoms with Gasteiger partial charge in [-0.05, 0) is 37.1 Å². The summed E-state index contributed by atoms with van der Waals surface area (Å²) >= 11 is 0. The maximum Gasteiger partial charge on any atom is 0.319 e. The zero-order valence-electron chi connectivity index (χ0n) is 12.6. The summed E-state index contributed by atoms with van der Waals surface area (Å²) in [6.45, 7) is 3.71. The summed E-state index contributed by atoms with van der Waals surface area (Å²) in [6, 6.07) is 6.46. The molecule has 0 aliphatic rings. The number of methoxy groups -OCH3 is 1. The fourth-order valence-electron chi connectivity index (χ4n) is 1.98. The fraction of sp³-hybridized carbons (Fsp3) is 0.467. The number of rotatable bonds is 7. The Morgan fingerprint density at radius 2 is 1.76 bits per heavy atom. The van der Waals surface area contributed by atoms with Gasteiger partial charge in [-0.25, -0.2) is 4.79 Å². The smallest absolute Gasteiger partial charge is 0.319 e. The Hall–Kier alpha value is -2.24. The van der Waals surface area contributed by atoms with E-state index in [9.17, 15) is 14.7 Å². The molecule has 21 heavy (non-hydrogen) atoms. The van der Waals surface area contributed by atoms with Gasteiger partial charge >= 0.3 is 12.0 Å². The average molecular weight is 294 g/mol. The Kier molecular flexibility index (Phi) is 6.02. The molecule has 0 fully saturated rings. The van der Waals surface area contributed by atoms with E-state index in [4.69, 9.17) is 4.74 Å². The summed E-state index contributed by atoms with van der Waals surface area (Å²) in [6.07, 6.45) is 0.920. The van der Waals surface area contributed by atoms with Crippen LogP contribution >= 0.6 is 0 Å². The molecule has 0 saturated heterocycles. The Morgan fingerprint density at radius 3 is 2.19 bits per heavy atom. The second kappa shape index (κ2) is 7.52. The van der Waals surface area contributed by atoms with Crippen LogP contribution in [0, 0.1) is 5.41 Å². The average Bonchev–Trinajstić information content (AvgIpc) is 2.49. The molecule has 1 rings (SSSR count). The second-order valence-electron chi connectivity index (χ2n) is 4.83. The minimum absolute atomic E-state index is 0.0946. The molecule has 0 radical (unpaired) electrons. The maximum absolute atomic E-state index is 11.8. The van der Waals surface area contributed by atoms with Crippen molar-refractivity contribution < 1.29 is 19.4 Å². The number of benzene rings is 1. The fourth-order valence-corrected chi connectivity index (χ4v) is 1.98. The molecule has 0 atom stereocenters. The topological polar surface area (TPSA) is 87.7 Å². The van der Waals surface area contributed by atoms with E-state index in [1.54, 1.807) is 45.2 Å². The first-order valence-electron chi connectivity index (χ1n) is 6.89. The Bertz CT molecular complexity index is 481. The van der Waals surface area contributed by atoms with E-state index in [1.807, 2.05) is 0 Å². The summed E-state index contributed by atoms with van der Waals surface area (Å²) in [5.74, 6) is -0.194. The highest BCUT2D eigenvalue weighted by molar-refractivity contribution is 5.89. The highest BCUT2D eigenvalue weighted by Crippen LogP contribution is 2.25. The van der Waals surface area contributed by atoms with E-state index in [-0.39, 0.29) is 6.54 Å². The molecule has 0 aliphatic carbocycles. The number of aliphatic carboxylic acids is 1. The monoisotopic (exact) mass is 294 g/mol. The van der Waals surface area contributed by atoms with Crippen molar-refractivity contribution in [3.05, 3.63) is 24.3 Å². The van der Waals surface area contributed by atoms with Crippen molar-refractivity contribution >= 4 is 17.7 Å². The molecule has 1 aromatic carbocycles. The molecule has 0 spiro atoms. The van der Waals surface area contributed by atoms with Gasteiger partial charge in [0.2, 0.25) is 0 Å². The number of carboxylic acid groups (broad SMARTS) is 1. The van der Waals surface area contributed by atoms with Gasteiger partial charge in [-0.3, -0.25) is 4.79 Å². The molecule has 0 saturated carbocycles. The number of carbonyl (C=O) groups excluding carboxylic acids is 1. The van der Waals surface area contributed by atoms with Crippen LogP contribution in [0.2, 0.25) is 0 Å². The van der Waals surface area contributed by atoms with E-state index in [0.717, 1.165) is 0 Å². The molecule has 0 heterocycles. The Morgan fingerprint density at radius 1 is 1.19 bits per heavy atom. The summed E-state index contributed by atoms with van der Waals surface area (Å²) in [5.41, 5.74) is -0.306. The highest BCUT2D eigenvalue weighted by atomic mass is 16.5. The van der Waals surface area contributed by atoms with Crippen LogP contribution in [0.25, 0.3) is 0 Å². The van der Waals surface area contributed by atoms with Gasteiger partial charge in [0, 0.05) is 12.2 Å². The van der Waals surface area contributed by atoms with Gasteiger partial charge in [0.1, 0.15) is 5.75 Å². The van der Waals surface area contributed by atoms with Crippen LogP contribution in [-0.2, 0) is 4.79 Å². The first-order chi connectivity index (χ1) is 9.97. The number of urea groups is 1. The quantitative estimate of drug-likeness (QED) is 0.721. The Labute approximate surface area is 124 Å². The highest BCUT2D eigenvalue weighted by Gasteiger charge is 2.35. The third kappa shape index (κ3) is 4.37. The lowest BCUT2D eigenvalue weighted by atomic mass is 9.82. The van der Waals surface area contributed by atoms with E-state index in [0.29, 0.717) is 24.3 Å². The van der Waals surface area contributed by atoms with Gasteiger partial charge in [-0.15, -0.1) is 0 Å². The zero-order valence-corrected chi connectivity index (χ0v) is 12.6. The molecular weight excluding hydrogens is 272 g/mol. The number of carboxylic acids is 1. The molecule has 0 bridgehead atoms. The van der Waals surface area contributed by atoms with Crippen LogP contribution in [0.15, 0.2) is 24.3 Å². The number of hydrogen-bond acceptors (Lipinski definition) is 3. The molecule has 2 amide bonds. The minimum Gasteiger partial charge on any atom is -0.497 e. The van der Waals surface area contributed by atoms with E-state index >= 15 is 0 Å². The van der Waals surface area contributed by atoms with Crippen molar-refractivity contribution in [3.8, 4) is 5.75 Å². The van der Waals surface area contributed by atoms with Crippen LogP contribution in [0.4, 0.5) is 10.5 Å². The van der Waals surface area contributed by atoms with Crippen molar-refractivity contribution in [1.82, 2.24) is 5.32 Å². The second-order valence-corrected chi connectivity index (χ2v) is 4.83. The van der Waals surface area contributed by atoms with Crippen LogP contribution in [0.3, 0.4) is 0 Å². The zero-order chi connectivity index (χ0) is 15.9. The largest absolute Gasteiger partial charge is 0.497 e. The summed E-state index contributed by atoms with van der Waals surface area (Å²) in [7, 11) is 1.57. The molecule has 116 valence electrons. The van der Waals surface area contributed by atoms with Gasteiger partial charge in [-0.2, -0.15) is 0 Å². The van der Waals surface area contributed by atoms with E-state index < -0.39 is 17.4 Å². The van der Waals surface area contributed by atoms with Crippen molar-refractivity contribution in [2.24, 2.45) is 5.41 Å². The number of ether oxygens (including phenoxy) is 1. The number of anilines is 1. The van der Waals surface area contributed by atoms with Crippen LogP contribution in [0.5, 0.6) is 5.75 Å². The lowest BCUT2D eigenvalue weighted by Gasteiger charge is -2.26. The number of amides is 2. The first kappa shape index (κ1) is 16.8. The first-order valence-corrected chi connectivity index (χ1v) is 6.89. The third-order valence-electron chi connectivity index (χ3n) is 3.74. The van der Waals surface area contributed by atoms with Gasteiger partial charge < -0.3 is 20.5 Å². The van der Waals surface area contributed by atoms with Crippen molar-refractivity contribution in [2.75, 3.05) is 19.0 Å². The number of carbonyl (C=O) groups is 2. The number of nitrogens with one attached hydrogen (secondary N) is 2. The van der Waals surface area contributed by atoms with Crippen LogP contribution in [0.1, 0.15) is 26.7 Å². The predicted molar refractivity (Wildman–Crippen MR) is 80.7 cm³/mol. The molecule has 1 aromatic rings. The third-order valence-corrected chi connectivity index (χ3v) is 3.74. The van der Waals surface area contributed by atoms with E-state index in [1.165, 1.54) is 0 Å². The summed E-state index contributed by atoms with van der Waals surface area (Å²) in [4.78, 5) is 23.2. The van der Waals surface area contributed by atoms with Gasteiger partial charge in [0.15, 0.2) is 0 Å². The van der Waals surface area contributed by atoms with Gasteiger partial charge in [-0.1, -0.05) is 13.8 Å².